The van der Waals surface area contributed by atoms with Gasteiger partial charge in [0.1, 0.15) is 11.9 Å². The monoisotopic (exact) mass is 422 g/mol. The number of halogens is 3. The number of hydrogen-bond acceptors (Lipinski definition) is 3. The Balaban J connectivity index is 1.29. The van der Waals surface area contributed by atoms with E-state index in [-0.39, 0.29) is 11.8 Å². The van der Waals surface area contributed by atoms with Gasteiger partial charge in [-0.1, -0.05) is 6.92 Å². The standard InChI is InChI=1S/C23H29F3N2O2/c1-15-2-3-18(12-15)27-8-4-16(5-9-27)23(29)28-10-6-19(7-11-28)30-22-20(25)13-17(24)14-21(22)26/h6,10,13-16,18-19H,2-5,7-9,11-12H2,1H3. The predicted molar refractivity (Wildman–Crippen MR) is 107 cm³/mol. The molecule has 4 rings (SSSR count). The summed E-state index contributed by atoms with van der Waals surface area (Å²) in [6, 6.07) is 1.87. The van der Waals surface area contributed by atoms with E-state index in [1.54, 1.807) is 17.2 Å². The van der Waals surface area contributed by atoms with Gasteiger partial charge in [-0.3, -0.25) is 4.79 Å². The zero-order valence-electron chi connectivity index (χ0n) is 17.3. The molecule has 1 saturated heterocycles. The van der Waals surface area contributed by atoms with Crippen LogP contribution in [0.25, 0.3) is 0 Å². The first-order valence-corrected chi connectivity index (χ1v) is 10.9. The maximum atomic E-state index is 13.8. The molecule has 3 aliphatic rings. The first-order valence-electron chi connectivity index (χ1n) is 10.9. The third-order valence-corrected chi connectivity index (χ3v) is 6.71. The highest BCUT2D eigenvalue weighted by molar-refractivity contribution is 5.80. The molecule has 7 heteroatoms. The van der Waals surface area contributed by atoms with E-state index in [4.69, 9.17) is 4.74 Å². The summed E-state index contributed by atoms with van der Waals surface area (Å²) in [6.07, 6.45) is 8.75. The summed E-state index contributed by atoms with van der Waals surface area (Å²) in [4.78, 5) is 17.1. The minimum atomic E-state index is -1.07. The molecule has 2 heterocycles. The van der Waals surface area contributed by atoms with E-state index in [2.05, 4.69) is 11.8 Å². The van der Waals surface area contributed by atoms with E-state index in [9.17, 15) is 18.0 Å². The van der Waals surface area contributed by atoms with Gasteiger partial charge in [0.15, 0.2) is 17.4 Å². The van der Waals surface area contributed by atoms with E-state index in [1.165, 1.54) is 19.3 Å². The van der Waals surface area contributed by atoms with E-state index >= 15 is 0 Å². The Kier molecular flexibility index (Phi) is 6.37. The van der Waals surface area contributed by atoms with Crippen molar-refractivity contribution < 1.29 is 22.7 Å². The van der Waals surface area contributed by atoms with Gasteiger partial charge >= 0.3 is 0 Å². The molecular formula is C23H29F3N2O2. The van der Waals surface area contributed by atoms with E-state index in [1.807, 2.05) is 0 Å². The fourth-order valence-corrected chi connectivity index (χ4v) is 4.97. The van der Waals surface area contributed by atoms with Crippen LogP contribution in [0, 0.1) is 29.3 Å². The number of amides is 1. The average Bonchev–Trinajstić information content (AvgIpc) is 3.17. The second-order valence-corrected chi connectivity index (χ2v) is 8.90. The Morgan fingerprint density at radius 1 is 1.00 bits per heavy atom. The summed E-state index contributed by atoms with van der Waals surface area (Å²) in [5.74, 6) is -2.76. The third kappa shape index (κ3) is 4.66. The summed E-state index contributed by atoms with van der Waals surface area (Å²) < 4.78 is 46.0. The molecule has 1 saturated carbocycles. The zero-order valence-corrected chi connectivity index (χ0v) is 17.3. The minimum Gasteiger partial charge on any atom is -0.480 e. The lowest BCUT2D eigenvalue weighted by Gasteiger charge is -2.37. The van der Waals surface area contributed by atoms with Crippen LogP contribution >= 0.6 is 0 Å². The molecule has 164 valence electrons. The molecule has 0 N–H and O–H groups in total. The topological polar surface area (TPSA) is 32.8 Å². The third-order valence-electron chi connectivity index (χ3n) is 6.71. The number of ether oxygens (including phenoxy) is 1. The second kappa shape index (κ2) is 9.00. The molecule has 1 amide bonds. The number of rotatable bonds is 4. The van der Waals surface area contributed by atoms with Crippen molar-refractivity contribution in [2.24, 2.45) is 11.8 Å². The fourth-order valence-electron chi connectivity index (χ4n) is 4.97. The largest absolute Gasteiger partial charge is 0.480 e. The fraction of sp³-hybridized carbons (Fsp3) is 0.609. The van der Waals surface area contributed by atoms with Crippen LogP contribution in [-0.4, -0.2) is 47.5 Å². The normalized spacial score (nSPS) is 28.1. The molecule has 30 heavy (non-hydrogen) atoms. The van der Waals surface area contributed by atoms with Gasteiger partial charge in [-0.2, -0.15) is 0 Å². The van der Waals surface area contributed by atoms with Crippen molar-refractivity contribution in [2.45, 2.75) is 57.6 Å². The van der Waals surface area contributed by atoms with Crippen molar-refractivity contribution in [2.75, 3.05) is 19.6 Å². The zero-order chi connectivity index (χ0) is 21.3. The predicted octanol–water partition coefficient (Wildman–Crippen LogP) is 4.50. The number of benzene rings is 1. The van der Waals surface area contributed by atoms with Gasteiger partial charge in [0, 0.05) is 43.3 Å². The van der Waals surface area contributed by atoms with Crippen molar-refractivity contribution in [3.05, 3.63) is 41.9 Å². The SMILES string of the molecule is CC1CCC(N2CCC(C(=O)N3C=CC(Oc4c(F)cc(F)cc4F)CC3)CC2)C1. The molecule has 4 nitrogen and oxygen atoms in total. The number of carbonyl (C=O) groups is 1. The van der Waals surface area contributed by atoms with Crippen LogP contribution in [0.2, 0.25) is 0 Å². The molecule has 2 aliphatic heterocycles. The number of hydrogen-bond donors (Lipinski definition) is 0. The van der Waals surface area contributed by atoms with E-state index in [0.29, 0.717) is 31.1 Å². The highest BCUT2D eigenvalue weighted by Gasteiger charge is 2.34. The lowest BCUT2D eigenvalue weighted by atomic mass is 9.93. The van der Waals surface area contributed by atoms with Gasteiger partial charge in [0.05, 0.1) is 0 Å². The molecule has 0 spiro atoms. The van der Waals surface area contributed by atoms with E-state index in [0.717, 1.165) is 31.8 Å². The minimum absolute atomic E-state index is 0.0224. The molecule has 2 fully saturated rings. The first kappa shape index (κ1) is 21.2. The van der Waals surface area contributed by atoms with Gasteiger partial charge in [0.25, 0.3) is 0 Å². The molecule has 1 aliphatic carbocycles. The number of likely N-dealkylation sites (tertiary alicyclic amines) is 1. The van der Waals surface area contributed by atoms with Crippen LogP contribution in [0.3, 0.4) is 0 Å². The van der Waals surface area contributed by atoms with Crippen LogP contribution in [-0.2, 0) is 4.79 Å². The maximum Gasteiger partial charge on any atom is 0.229 e. The van der Waals surface area contributed by atoms with Crippen molar-refractivity contribution >= 4 is 5.91 Å². The van der Waals surface area contributed by atoms with Crippen LogP contribution in [0.4, 0.5) is 13.2 Å². The Morgan fingerprint density at radius 2 is 1.70 bits per heavy atom. The molecular weight excluding hydrogens is 393 g/mol. The Morgan fingerprint density at radius 3 is 2.27 bits per heavy atom. The Labute approximate surface area is 175 Å². The smallest absolute Gasteiger partial charge is 0.229 e. The first-order chi connectivity index (χ1) is 14.4. The summed E-state index contributed by atoms with van der Waals surface area (Å²) in [5.41, 5.74) is 0. The lowest BCUT2D eigenvalue weighted by Crippen LogP contribution is -2.45. The Hall–Kier alpha value is -2.02. The number of nitrogens with zero attached hydrogens (tertiary/aromatic N) is 2. The summed E-state index contributed by atoms with van der Waals surface area (Å²) in [6.45, 7) is 4.69. The molecule has 0 radical (unpaired) electrons. The molecule has 0 aromatic heterocycles. The van der Waals surface area contributed by atoms with Crippen molar-refractivity contribution in [3.8, 4) is 5.75 Å². The molecule has 1 aromatic carbocycles. The van der Waals surface area contributed by atoms with E-state index < -0.39 is 29.3 Å². The number of piperidine rings is 1. The van der Waals surface area contributed by atoms with Gasteiger partial charge in [0.2, 0.25) is 5.91 Å². The highest BCUT2D eigenvalue weighted by Crippen LogP contribution is 2.32. The average molecular weight is 422 g/mol. The molecule has 3 atom stereocenters. The highest BCUT2D eigenvalue weighted by atomic mass is 19.1. The second-order valence-electron chi connectivity index (χ2n) is 8.90. The van der Waals surface area contributed by atoms with Gasteiger partial charge in [-0.25, -0.2) is 13.2 Å². The van der Waals surface area contributed by atoms with Crippen molar-refractivity contribution in [1.82, 2.24) is 9.80 Å². The Bertz CT molecular complexity index is 785. The number of carbonyl (C=O) groups excluding carboxylic acids is 1. The molecule has 0 bridgehead atoms. The van der Waals surface area contributed by atoms with Crippen LogP contribution < -0.4 is 4.74 Å². The van der Waals surface area contributed by atoms with Crippen molar-refractivity contribution in [1.29, 1.82) is 0 Å². The van der Waals surface area contributed by atoms with Crippen LogP contribution in [0.1, 0.15) is 45.4 Å². The summed E-state index contributed by atoms with van der Waals surface area (Å²) in [7, 11) is 0. The molecule has 3 unspecified atom stereocenters. The van der Waals surface area contributed by atoms with Crippen LogP contribution in [0.15, 0.2) is 24.4 Å². The summed E-state index contributed by atoms with van der Waals surface area (Å²) >= 11 is 0. The van der Waals surface area contributed by atoms with Crippen molar-refractivity contribution in [3.63, 3.8) is 0 Å². The van der Waals surface area contributed by atoms with Crippen LogP contribution in [0.5, 0.6) is 5.75 Å². The lowest BCUT2D eigenvalue weighted by molar-refractivity contribution is -0.135. The van der Waals surface area contributed by atoms with Gasteiger partial charge in [-0.05, 0) is 57.2 Å². The van der Waals surface area contributed by atoms with Gasteiger partial charge < -0.3 is 14.5 Å². The summed E-state index contributed by atoms with van der Waals surface area (Å²) in [5, 5.41) is 0. The quantitative estimate of drug-likeness (QED) is 0.716. The maximum absolute atomic E-state index is 13.8. The molecule has 1 aromatic rings. The van der Waals surface area contributed by atoms with Gasteiger partial charge in [-0.15, -0.1) is 0 Å².